The average molecular weight is 224 g/mol. The third kappa shape index (κ3) is 4.66. The first-order valence-electron chi connectivity index (χ1n) is 6.24. The third-order valence-corrected chi connectivity index (χ3v) is 2.89. The maximum Gasteiger partial charge on any atom is 0.200 e. The number of anilines is 1. The number of hydrogen-bond donors (Lipinski definition) is 2. The fraction of sp³-hybridized carbons (Fsp3) is 0.750. The van der Waals surface area contributed by atoms with Gasteiger partial charge in [0.15, 0.2) is 5.95 Å². The minimum atomic E-state index is 0.474. The molecule has 1 rings (SSSR count). The van der Waals surface area contributed by atoms with E-state index in [-0.39, 0.29) is 0 Å². The lowest BCUT2D eigenvalue weighted by molar-refractivity contribution is 0.295. The van der Waals surface area contributed by atoms with Crippen molar-refractivity contribution in [2.24, 2.45) is 0 Å². The molecule has 0 aliphatic heterocycles. The van der Waals surface area contributed by atoms with Crippen LogP contribution < -0.4 is 5.32 Å². The zero-order chi connectivity index (χ0) is 11.8. The summed E-state index contributed by atoms with van der Waals surface area (Å²) in [6.45, 7) is 10.1. The highest BCUT2D eigenvalue weighted by Crippen LogP contribution is 2.05. The van der Waals surface area contributed by atoms with Crippen LogP contribution in [0, 0.1) is 0 Å². The number of aromatic nitrogens is 2. The fourth-order valence-electron chi connectivity index (χ4n) is 1.81. The zero-order valence-electron chi connectivity index (χ0n) is 10.7. The Kier molecular flexibility index (Phi) is 5.93. The molecule has 0 saturated heterocycles. The van der Waals surface area contributed by atoms with E-state index in [1.54, 1.807) is 6.20 Å². The summed E-state index contributed by atoms with van der Waals surface area (Å²) >= 11 is 0. The highest BCUT2D eigenvalue weighted by Gasteiger charge is 2.04. The van der Waals surface area contributed by atoms with E-state index in [4.69, 9.17) is 0 Å². The van der Waals surface area contributed by atoms with Crippen molar-refractivity contribution >= 4 is 5.95 Å². The number of nitrogens with zero attached hydrogens (tertiary/aromatic N) is 2. The molecule has 0 aliphatic carbocycles. The van der Waals surface area contributed by atoms with Crippen molar-refractivity contribution in [1.82, 2.24) is 14.9 Å². The summed E-state index contributed by atoms with van der Waals surface area (Å²) in [5, 5.41) is 3.35. The van der Waals surface area contributed by atoms with Gasteiger partial charge < -0.3 is 15.2 Å². The molecule has 0 spiro atoms. The normalized spacial score (nSPS) is 13.0. The number of imidazole rings is 1. The molecular weight excluding hydrogens is 200 g/mol. The molecule has 0 fully saturated rings. The van der Waals surface area contributed by atoms with Crippen molar-refractivity contribution < 1.29 is 0 Å². The summed E-state index contributed by atoms with van der Waals surface area (Å²) < 4.78 is 0. The van der Waals surface area contributed by atoms with E-state index >= 15 is 0 Å². The lowest BCUT2D eigenvalue weighted by atomic mass is 10.2. The summed E-state index contributed by atoms with van der Waals surface area (Å²) in [4.78, 5) is 9.67. The largest absolute Gasteiger partial charge is 0.353 e. The minimum Gasteiger partial charge on any atom is -0.353 e. The van der Waals surface area contributed by atoms with E-state index < -0.39 is 0 Å². The Labute approximate surface area is 98.5 Å². The quantitative estimate of drug-likeness (QED) is 0.712. The Hall–Kier alpha value is -1.03. The molecule has 0 bridgehead atoms. The third-order valence-electron chi connectivity index (χ3n) is 2.89. The lowest BCUT2D eigenvalue weighted by Gasteiger charge is -2.19. The lowest BCUT2D eigenvalue weighted by Crippen LogP contribution is -2.25. The highest BCUT2D eigenvalue weighted by molar-refractivity contribution is 5.23. The molecule has 4 nitrogen and oxygen atoms in total. The van der Waals surface area contributed by atoms with Crippen LogP contribution in [-0.2, 0) is 0 Å². The van der Waals surface area contributed by atoms with Crippen LogP contribution in [-0.4, -0.2) is 40.5 Å². The number of nitrogens with one attached hydrogen (secondary N) is 2. The Morgan fingerprint density at radius 2 is 2.19 bits per heavy atom. The summed E-state index contributed by atoms with van der Waals surface area (Å²) in [7, 11) is 0. The van der Waals surface area contributed by atoms with Gasteiger partial charge in [-0.05, 0) is 39.4 Å². The van der Waals surface area contributed by atoms with Crippen molar-refractivity contribution in [3.8, 4) is 0 Å². The van der Waals surface area contributed by atoms with Gasteiger partial charge in [-0.15, -0.1) is 0 Å². The first kappa shape index (κ1) is 13.0. The van der Waals surface area contributed by atoms with Gasteiger partial charge in [-0.3, -0.25) is 0 Å². The van der Waals surface area contributed by atoms with Crippen LogP contribution in [0.25, 0.3) is 0 Å². The second kappa shape index (κ2) is 7.28. The SMILES string of the molecule is CCN(CC)CCCC(C)Nc1ncc[nH]1. The van der Waals surface area contributed by atoms with Crippen LogP contribution in [0.2, 0.25) is 0 Å². The van der Waals surface area contributed by atoms with Crippen LogP contribution in [0.15, 0.2) is 12.4 Å². The zero-order valence-corrected chi connectivity index (χ0v) is 10.7. The molecule has 2 N–H and O–H groups in total. The summed E-state index contributed by atoms with van der Waals surface area (Å²) in [6.07, 6.45) is 6.02. The molecule has 0 aliphatic rings. The molecule has 16 heavy (non-hydrogen) atoms. The van der Waals surface area contributed by atoms with E-state index in [2.05, 4.69) is 41.0 Å². The Balaban J connectivity index is 2.13. The molecule has 0 aromatic carbocycles. The number of H-pyrrole nitrogens is 1. The van der Waals surface area contributed by atoms with Gasteiger partial charge in [0, 0.05) is 18.4 Å². The number of rotatable bonds is 8. The molecule has 1 aromatic rings. The van der Waals surface area contributed by atoms with E-state index in [1.165, 1.54) is 19.4 Å². The van der Waals surface area contributed by atoms with Crippen molar-refractivity contribution in [2.45, 2.75) is 39.7 Å². The van der Waals surface area contributed by atoms with Crippen molar-refractivity contribution in [3.05, 3.63) is 12.4 Å². The van der Waals surface area contributed by atoms with Crippen molar-refractivity contribution in [3.63, 3.8) is 0 Å². The van der Waals surface area contributed by atoms with Gasteiger partial charge in [-0.1, -0.05) is 13.8 Å². The van der Waals surface area contributed by atoms with Crippen LogP contribution in [0.5, 0.6) is 0 Å². The second-order valence-electron chi connectivity index (χ2n) is 4.15. The van der Waals surface area contributed by atoms with Gasteiger partial charge >= 0.3 is 0 Å². The first-order valence-corrected chi connectivity index (χ1v) is 6.24. The van der Waals surface area contributed by atoms with Gasteiger partial charge in [-0.2, -0.15) is 0 Å². The molecular formula is C12H24N4. The molecule has 1 atom stereocenters. The maximum atomic E-state index is 4.15. The number of hydrogen-bond acceptors (Lipinski definition) is 3. The van der Waals surface area contributed by atoms with E-state index in [1.807, 2.05) is 6.20 Å². The predicted molar refractivity (Wildman–Crippen MR) is 68.7 cm³/mol. The topological polar surface area (TPSA) is 44.0 Å². The molecule has 1 heterocycles. The maximum absolute atomic E-state index is 4.15. The van der Waals surface area contributed by atoms with Crippen LogP contribution in [0.3, 0.4) is 0 Å². The smallest absolute Gasteiger partial charge is 0.200 e. The van der Waals surface area contributed by atoms with Crippen molar-refractivity contribution in [2.75, 3.05) is 25.0 Å². The Morgan fingerprint density at radius 3 is 2.75 bits per heavy atom. The van der Waals surface area contributed by atoms with Gasteiger partial charge in [-0.25, -0.2) is 4.98 Å². The Bertz CT molecular complexity index is 254. The van der Waals surface area contributed by atoms with E-state index in [9.17, 15) is 0 Å². The predicted octanol–water partition coefficient (Wildman–Crippen LogP) is 2.33. The van der Waals surface area contributed by atoms with Crippen LogP contribution >= 0.6 is 0 Å². The molecule has 0 saturated carbocycles. The van der Waals surface area contributed by atoms with Crippen LogP contribution in [0.1, 0.15) is 33.6 Å². The monoisotopic (exact) mass is 224 g/mol. The molecule has 92 valence electrons. The van der Waals surface area contributed by atoms with E-state index in [0.717, 1.165) is 19.0 Å². The minimum absolute atomic E-state index is 0.474. The summed E-state index contributed by atoms with van der Waals surface area (Å²) in [6, 6.07) is 0.474. The molecule has 1 aromatic heterocycles. The molecule has 0 amide bonds. The van der Waals surface area contributed by atoms with Gasteiger partial charge in [0.25, 0.3) is 0 Å². The molecule has 0 radical (unpaired) electrons. The Morgan fingerprint density at radius 1 is 1.44 bits per heavy atom. The average Bonchev–Trinajstić information content (AvgIpc) is 2.77. The summed E-state index contributed by atoms with van der Waals surface area (Å²) in [5.41, 5.74) is 0. The molecule has 4 heteroatoms. The van der Waals surface area contributed by atoms with Crippen LogP contribution in [0.4, 0.5) is 5.95 Å². The van der Waals surface area contributed by atoms with E-state index in [0.29, 0.717) is 6.04 Å². The first-order chi connectivity index (χ1) is 7.76. The van der Waals surface area contributed by atoms with Gasteiger partial charge in [0.05, 0.1) is 0 Å². The van der Waals surface area contributed by atoms with Gasteiger partial charge in [0.1, 0.15) is 0 Å². The highest BCUT2D eigenvalue weighted by atomic mass is 15.1. The van der Waals surface area contributed by atoms with Gasteiger partial charge in [0.2, 0.25) is 0 Å². The summed E-state index contributed by atoms with van der Waals surface area (Å²) in [5.74, 6) is 0.871. The standard InChI is InChI=1S/C12H24N4/c1-4-16(5-2)10-6-7-11(3)15-12-13-8-9-14-12/h8-9,11H,4-7,10H2,1-3H3,(H2,13,14,15). The fourth-order valence-corrected chi connectivity index (χ4v) is 1.81. The second-order valence-corrected chi connectivity index (χ2v) is 4.15. The number of aromatic amines is 1. The van der Waals surface area contributed by atoms with Crippen molar-refractivity contribution in [1.29, 1.82) is 0 Å². The molecule has 1 unspecified atom stereocenters.